The maximum absolute atomic E-state index is 12.1. The maximum Gasteiger partial charge on any atom is 0.411 e. The Bertz CT molecular complexity index is 549. The first kappa shape index (κ1) is 26.9. The van der Waals surface area contributed by atoms with E-state index in [1.165, 1.54) is 0 Å². The molecular formula is C19H32F3IN4O. The molecule has 0 saturated carbocycles. The average Bonchev–Trinajstić information content (AvgIpc) is 2.63. The normalized spacial score (nSPS) is 12.0. The topological polar surface area (TPSA) is 48.9 Å². The van der Waals surface area contributed by atoms with E-state index in [0.717, 1.165) is 44.2 Å². The van der Waals surface area contributed by atoms with Crippen LogP contribution < -0.4 is 10.6 Å². The fourth-order valence-electron chi connectivity index (χ4n) is 2.41. The van der Waals surface area contributed by atoms with Crippen molar-refractivity contribution in [2.75, 3.05) is 39.3 Å². The van der Waals surface area contributed by atoms with E-state index in [0.29, 0.717) is 12.1 Å². The summed E-state index contributed by atoms with van der Waals surface area (Å²) < 4.78 is 40.9. The predicted molar refractivity (Wildman–Crippen MR) is 118 cm³/mol. The molecule has 0 aromatic heterocycles. The molecule has 2 N–H and O–H groups in total. The van der Waals surface area contributed by atoms with Crippen LogP contribution in [0.1, 0.15) is 31.9 Å². The summed E-state index contributed by atoms with van der Waals surface area (Å²) in [5.41, 5.74) is 1.69. The van der Waals surface area contributed by atoms with Crippen molar-refractivity contribution >= 4 is 29.9 Å². The van der Waals surface area contributed by atoms with E-state index in [4.69, 9.17) is 0 Å². The molecule has 0 atom stereocenters. The van der Waals surface area contributed by atoms with Crippen LogP contribution in [0, 0.1) is 0 Å². The van der Waals surface area contributed by atoms with Crippen LogP contribution in [0.4, 0.5) is 13.2 Å². The predicted octanol–water partition coefficient (Wildman–Crippen LogP) is 3.78. The fourth-order valence-corrected chi connectivity index (χ4v) is 2.41. The summed E-state index contributed by atoms with van der Waals surface area (Å²) in [5.74, 6) is 0.752. The van der Waals surface area contributed by atoms with Gasteiger partial charge in [0.15, 0.2) is 5.96 Å². The molecule has 162 valence electrons. The van der Waals surface area contributed by atoms with E-state index >= 15 is 0 Å². The molecule has 5 nitrogen and oxygen atoms in total. The van der Waals surface area contributed by atoms with Crippen LogP contribution >= 0.6 is 24.0 Å². The van der Waals surface area contributed by atoms with Crippen LogP contribution in [0.15, 0.2) is 29.3 Å². The number of aliphatic imine (C=N–C) groups is 1. The minimum absolute atomic E-state index is 0. The summed E-state index contributed by atoms with van der Waals surface area (Å²) in [6.45, 7) is 10.1. The largest absolute Gasteiger partial charge is 0.411 e. The first-order chi connectivity index (χ1) is 12.9. The number of nitrogens with one attached hydrogen (secondary N) is 2. The van der Waals surface area contributed by atoms with Crippen molar-refractivity contribution < 1.29 is 17.9 Å². The molecule has 1 aromatic carbocycles. The highest BCUT2D eigenvalue weighted by Gasteiger charge is 2.27. The molecule has 28 heavy (non-hydrogen) atoms. The Morgan fingerprint density at radius 2 is 1.64 bits per heavy atom. The third-order valence-corrected chi connectivity index (χ3v) is 3.94. The lowest BCUT2D eigenvalue weighted by molar-refractivity contribution is -0.176. The second-order valence-corrected chi connectivity index (χ2v) is 6.07. The highest BCUT2D eigenvalue weighted by atomic mass is 127. The second-order valence-electron chi connectivity index (χ2n) is 6.07. The maximum atomic E-state index is 12.1. The number of rotatable bonds is 11. The SMILES string of the molecule is CCNC(=NCc1ccc(COCC(F)(F)F)cc1)NCCN(CC)CC.I. The molecule has 1 aromatic rings. The number of benzene rings is 1. The van der Waals surface area contributed by atoms with Gasteiger partial charge in [0.1, 0.15) is 6.61 Å². The van der Waals surface area contributed by atoms with E-state index in [1.54, 1.807) is 12.1 Å². The number of alkyl halides is 3. The number of hydrogen-bond acceptors (Lipinski definition) is 3. The summed E-state index contributed by atoms with van der Waals surface area (Å²) >= 11 is 0. The first-order valence-electron chi connectivity index (χ1n) is 9.34. The van der Waals surface area contributed by atoms with Crippen molar-refractivity contribution in [3.63, 3.8) is 0 Å². The molecule has 0 bridgehead atoms. The van der Waals surface area contributed by atoms with Crippen molar-refractivity contribution in [3.8, 4) is 0 Å². The van der Waals surface area contributed by atoms with Crippen molar-refractivity contribution in [1.82, 2.24) is 15.5 Å². The molecule has 0 aliphatic rings. The third-order valence-electron chi connectivity index (χ3n) is 3.94. The Morgan fingerprint density at radius 1 is 1.04 bits per heavy atom. The number of halogens is 4. The molecule has 0 unspecified atom stereocenters. The van der Waals surface area contributed by atoms with Crippen LogP contribution in [-0.2, 0) is 17.9 Å². The molecule has 1 rings (SSSR count). The number of guanidine groups is 1. The first-order valence-corrected chi connectivity index (χ1v) is 9.34. The number of hydrogen-bond donors (Lipinski definition) is 2. The van der Waals surface area contributed by atoms with E-state index in [-0.39, 0.29) is 30.6 Å². The molecule has 0 heterocycles. The van der Waals surface area contributed by atoms with Gasteiger partial charge in [0.2, 0.25) is 0 Å². The summed E-state index contributed by atoms with van der Waals surface area (Å²) in [5, 5.41) is 6.52. The van der Waals surface area contributed by atoms with Crippen LogP contribution in [0.25, 0.3) is 0 Å². The minimum atomic E-state index is -4.30. The third kappa shape index (κ3) is 12.4. The molecule has 0 fully saturated rings. The van der Waals surface area contributed by atoms with Crippen molar-refractivity contribution in [1.29, 1.82) is 0 Å². The zero-order valence-electron chi connectivity index (χ0n) is 16.8. The van der Waals surface area contributed by atoms with Gasteiger partial charge in [-0.2, -0.15) is 13.2 Å². The van der Waals surface area contributed by atoms with E-state index in [2.05, 4.69) is 39.1 Å². The number of ether oxygens (including phenoxy) is 1. The van der Waals surface area contributed by atoms with Crippen molar-refractivity contribution in [2.24, 2.45) is 4.99 Å². The second kappa shape index (κ2) is 14.9. The zero-order valence-corrected chi connectivity index (χ0v) is 19.1. The Kier molecular flexibility index (Phi) is 14.3. The van der Waals surface area contributed by atoms with E-state index < -0.39 is 12.8 Å². The smallest absolute Gasteiger partial charge is 0.367 e. The summed E-state index contributed by atoms with van der Waals surface area (Å²) in [7, 11) is 0. The molecule has 0 aliphatic heterocycles. The highest BCUT2D eigenvalue weighted by molar-refractivity contribution is 14.0. The molecule has 9 heteroatoms. The zero-order chi connectivity index (χ0) is 20.1. The summed E-state index contributed by atoms with van der Waals surface area (Å²) in [4.78, 5) is 6.88. The van der Waals surface area contributed by atoms with Gasteiger partial charge in [-0.1, -0.05) is 38.1 Å². The molecular weight excluding hydrogens is 484 g/mol. The van der Waals surface area contributed by atoms with Gasteiger partial charge in [-0.15, -0.1) is 24.0 Å². The van der Waals surface area contributed by atoms with Crippen molar-refractivity contribution in [2.45, 2.75) is 40.1 Å². The van der Waals surface area contributed by atoms with Crippen LogP contribution in [0.3, 0.4) is 0 Å². The standard InChI is InChI=1S/C19H31F3N4O.HI/c1-4-23-18(24-11-12-26(5-2)6-3)25-13-16-7-9-17(10-8-16)14-27-15-19(20,21)22;/h7-10H,4-6,11-15H2,1-3H3,(H2,23,24,25);1H. The van der Waals surface area contributed by atoms with Crippen molar-refractivity contribution in [3.05, 3.63) is 35.4 Å². The van der Waals surface area contributed by atoms with Crippen LogP contribution in [0.5, 0.6) is 0 Å². The Hall–Kier alpha value is -1.07. The molecule has 0 saturated heterocycles. The average molecular weight is 516 g/mol. The van der Waals surface area contributed by atoms with E-state index in [9.17, 15) is 13.2 Å². The molecule has 0 radical (unpaired) electrons. The number of nitrogens with zero attached hydrogens (tertiary/aromatic N) is 2. The fraction of sp³-hybridized carbons (Fsp3) is 0.632. The summed E-state index contributed by atoms with van der Waals surface area (Å²) in [6.07, 6.45) is -4.30. The number of likely N-dealkylation sites (N-methyl/N-ethyl adjacent to an activating group) is 1. The highest BCUT2D eigenvalue weighted by Crippen LogP contribution is 2.16. The lowest BCUT2D eigenvalue weighted by Crippen LogP contribution is -2.41. The van der Waals surface area contributed by atoms with Gasteiger partial charge in [0.25, 0.3) is 0 Å². The van der Waals surface area contributed by atoms with Crippen LogP contribution in [0.2, 0.25) is 0 Å². The van der Waals surface area contributed by atoms with Gasteiger partial charge >= 0.3 is 6.18 Å². The van der Waals surface area contributed by atoms with Gasteiger partial charge in [-0.3, -0.25) is 0 Å². The van der Waals surface area contributed by atoms with Gasteiger partial charge < -0.3 is 20.3 Å². The van der Waals surface area contributed by atoms with Crippen LogP contribution in [-0.4, -0.2) is 56.4 Å². The lowest BCUT2D eigenvalue weighted by atomic mass is 10.1. The monoisotopic (exact) mass is 516 g/mol. The van der Waals surface area contributed by atoms with Gasteiger partial charge in [-0.05, 0) is 31.1 Å². The Balaban J connectivity index is 0.00000729. The molecule has 0 spiro atoms. The van der Waals surface area contributed by atoms with E-state index in [1.807, 2.05) is 19.1 Å². The molecule has 0 amide bonds. The minimum Gasteiger partial charge on any atom is -0.367 e. The van der Waals surface area contributed by atoms with Gasteiger partial charge in [0.05, 0.1) is 13.2 Å². The quantitative estimate of drug-likeness (QED) is 0.267. The Morgan fingerprint density at radius 3 is 2.18 bits per heavy atom. The summed E-state index contributed by atoms with van der Waals surface area (Å²) in [6, 6.07) is 7.24. The van der Waals surface area contributed by atoms with Gasteiger partial charge in [-0.25, -0.2) is 4.99 Å². The lowest BCUT2D eigenvalue weighted by Gasteiger charge is -2.19. The molecule has 0 aliphatic carbocycles. The Labute approximate surface area is 183 Å². The van der Waals surface area contributed by atoms with Gasteiger partial charge in [0, 0.05) is 19.6 Å².